The molecule has 2 aromatic carbocycles. The molecular formula is C20H18F2N2O3. The van der Waals surface area contributed by atoms with E-state index < -0.39 is 23.1 Å². The van der Waals surface area contributed by atoms with Gasteiger partial charge in [-0.05, 0) is 38.1 Å². The van der Waals surface area contributed by atoms with Crippen LogP contribution in [-0.2, 0) is 6.42 Å². The Balaban J connectivity index is 1.70. The van der Waals surface area contributed by atoms with Crippen LogP contribution in [0.2, 0.25) is 0 Å². The summed E-state index contributed by atoms with van der Waals surface area (Å²) in [5.74, 6) is -2.45. The van der Waals surface area contributed by atoms with Crippen LogP contribution in [-0.4, -0.2) is 17.5 Å². The summed E-state index contributed by atoms with van der Waals surface area (Å²) >= 11 is 0. The fourth-order valence-electron chi connectivity index (χ4n) is 2.61. The Hall–Kier alpha value is -3.22. The molecule has 7 heteroatoms. The van der Waals surface area contributed by atoms with Crippen molar-refractivity contribution in [2.24, 2.45) is 5.73 Å². The van der Waals surface area contributed by atoms with Crippen LogP contribution < -0.4 is 10.5 Å². The van der Waals surface area contributed by atoms with Gasteiger partial charge < -0.3 is 14.9 Å². The molecule has 140 valence electrons. The molecule has 1 heterocycles. The first-order chi connectivity index (χ1) is 12.9. The number of primary amides is 1. The Morgan fingerprint density at radius 1 is 1.15 bits per heavy atom. The lowest BCUT2D eigenvalue weighted by atomic mass is 10.1. The second-order valence-electron chi connectivity index (χ2n) is 6.09. The molecule has 1 aromatic heterocycles. The molecule has 5 nitrogen and oxygen atoms in total. The SMILES string of the molecule is Cc1ccc(-c2nc(CCOc3ccc(F)c(C(N)=O)c3F)c(C)o2)cc1. The summed E-state index contributed by atoms with van der Waals surface area (Å²) in [6, 6.07) is 9.82. The maximum Gasteiger partial charge on any atom is 0.254 e. The average Bonchev–Trinajstić information content (AvgIpc) is 2.98. The minimum absolute atomic E-state index is 0.0709. The second kappa shape index (κ2) is 7.57. The van der Waals surface area contributed by atoms with Gasteiger partial charge in [0.25, 0.3) is 5.91 Å². The number of hydrogen-bond donors (Lipinski definition) is 1. The number of aromatic nitrogens is 1. The topological polar surface area (TPSA) is 78.4 Å². The van der Waals surface area contributed by atoms with E-state index in [0.717, 1.165) is 23.3 Å². The molecule has 0 atom stereocenters. The number of benzene rings is 2. The van der Waals surface area contributed by atoms with Gasteiger partial charge in [0.05, 0.1) is 12.3 Å². The minimum Gasteiger partial charge on any atom is -0.490 e. The van der Waals surface area contributed by atoms with E-state index in [2.05, 4.69) is 4.98 Å². The molecule has 0 radical (unpaired) electrons. The van der Waals surface area contributed by atoms with Crippen LogP contribution in [0.1, 0.15) is 27.4 Å². The number of oxazole rings is 1. The highest BCUT2D eigenvalue weighted by atomic mass is 19.1. The van der Waals surface area contributed by atoms with Crippen molar-refractivity contribution in [2.45, 2.75) is 20.3 Å². The van der Waals surface area contributed by atoms with Crippen molar-refractivity contribution in [3.8, 4) is 17.2 Å². The van der Waals surface area contributed by atoms with Crippen molar-refractivity contribution in [1.82, 2.24) is 4.98 Å². The van der Waals surface area contributed by atoms with Crippen LogP contribution in [0.25, 0.3) is 11.5 Å². The number of amides is 1. The van der Waals surface area contributed by atoms with Crippen molar-refractivity contribution in [3.63, 3.8) is 0 Å². The summed E-state index contributed by atoms with van der Waals surface area (Å²) in [4.78, 5) is 15.6. The number of nitrogens with two attached hydrogens (primary N) is 1. The third-order valence-corrected chi connectivity index (χ3v) is 4.09. The summed E-state index contributed by atoms with van der Waals surface area (Å²) in [6.07, 6.45) is 0.351. The van der Waals surface area contributed by atoms with Crippen molar-refractivity contribution in [3.05, 3.63) is 70.6 Å². The van der Waals surface area contributed by atoms with E-state index in [-0.39, 0.29) is 12.4 Å². The van der Waals surface area contributed by atoms with E-state index >= 15 is 0 Å². The molecule has 2 N–H and O–H groups in total. The quantitative estimate of drug-likeness (QED) is 0.710. The Bertz CT molecular complexity index is 982. The third-order valence-electron chi connectivity index (χ3n) is 4.09. The minimum atomic E-state index is -1.19. The van der Waals surface area contributed by atoms with Crippen LogP contribution in [0.3, 0.4) is 0 Å². The fraction of sp³-hybridized carbons (Fsp3) is 0.200. The number of ether oxygens (including phenoxy) is 1. The maximum atomic E-state index is 14.1. The third kappa shape index (κ3) is 3.97. The zero-order valence-corrected chi connectivity index (χ0v) is 14.9. The Morgan fingerprint density at radius 2 is 1.85 bits per heavy atom. The molecule has 0 fully saturated rings. The lowest BCUT2D eigenvalue weighted by Crippen LogP contribution is -2.16. The molecular weight excluding hydrogens is 354 g/mol. The molecule has 0 bridgehead atoms. The number of halogens is 2. The molecule has 0 spiro atoms. The van der Waals surface area contributed by atoms with E-state index in [1.54, 1.807) is 6.92 Å². The number of carbonyl (C=O) groups is 1. The van der Waals surface area contributed by atoms with Crippen molar-refractivity contribution in [1.29, 1.82) is 0 Å². The van der Waals surface area contributed by atoms with E-state index in [9.17, 15) is 13.6 Å². The number of carbonyl (C=O) groups excluding carboxylic acids is 1. The van der Waals surface area contributed by atoms with Gasteiger partial charge in [0.1, 0.15) is 17.1 Å². The highest BCUT2D eigenvalue weighted by Crippen LogP contribution is 2.25. The van der Waals surface area contributed by atoms with E-state index in [4.69, 9.17) is 14.9 Å². The lowest BCUT2D eigenvalue weighted by Gasteiger charge is -2.09. The van der Waals surface area contributed by atoms with Gasteiger partial charge in [0.15, 0.2) is 11.6 Å². The Morgan fingerprint density at radius 3 is 2.52 bits per heavy atom. The van der Waals surface area contributed by atoms with Gasteiger partial charge in [-0.2, -0.15) is 0 Å². The van der Waals surface area contributed by atoms with Gasteiger partial charge in [-0.3, -0.25) is 4.79 Å². The highest BCUT2D eigenvalue weighted by molar-refractivity contribution is 5.93. The molecule has 3 rings (SSSR count). The Labute approximate surface area is 154 Å². The summed E-state index contributed by atoms with van der Waals surface area (Å²) in [5, 5.41) is 0. The lowest BCUT2D eigenvalue weighted by molar-refractivity contribution is 0.0991. The number of rotatable bonds is 6. The first-order valence-electron chi connectivity index (χ1n) is 8.30. The van der Waals surface area contributed by atoms with Crippen LogP contribution in [0.4, 0.5) is 8.78 Å². The van der Waals surface area contributed by atoms with E-state index in [1.165, 1.54) is 0 Å². The maximum absolute atomic E-state index is 14.1. The van der Waals surface area contributed by atoms with Crippen LogP contribution in [0, 0.1) is 25.5 Å². The summed E-state index contributed by atoms with van der Waals surface area (Å²) in [7, 11) is 0. The molecule has 0 aliphatic rings. The van der Waals surface area contributed by atoms with Crippen LogP contribution in [0.5, 0.6) is 5.75 Å². The molecule has 1 amide bonds. The first-order valence-corrected chi connectivity index (χ1v) is 8.30. The monoisotopic (exact) mass is 372 g/mol. The molecule has 3 aromatic rings. The van der Waals surface area contributed by atoms with Crippen molar-refractivity contribution >= 4 is 5.91 Å². The van der Waals surface area contributed by atoms with Gasteiger partial charge in [0.2, 0.25) is 5.89 Å². The molecule has 0 saturated heterocycles. The summed E-state index contributed by atoms with van der Waals surface area (Å²) < 4.78 is 38.7. The van der Waals surface area contributed by atoms with E-state index in [0.29, 0.717) is 23.8 Å². The zero-order chi connectivity index (χ0) is 19.6. The zero-order valence-electron chi connectivity index (χ0n) is 14.9. The molecule has 27 heavy (non-hydrogen) atoms. The average molecular weight is 372 g/mol. The highest BCUT2D eigenvalue weighted by Gasteiger charge is 2.19. The molecule has 0 saturated carbocycles. The molecule has 0 aliphatic heterocycles. The largest absolute Gasteiger partial charge is 0.490 e. The summed E-state index contributed by atoms with van der Waals surface area (Å²) in [6.45, 7) is 3.84. The number of nitrogens with zero attached hydrogens (tertiary/aromatic N) is 1. The number of aryl methyl sites for hydroxylation is 2. The van der Waals surface area contributed by atoms with Gasteiger partial charge in [-0.1, -0.05) is 17.7 Å². The molecule has 0 aliphatic carbocycles. The van der Waals surface area contributed by atoms with Gasteiger partial charge in [-0.25, -0.2) is 13.8 Å². The van der Waals surface area contributed by atoms with Crippen molar-refractivity contribution in [2.75, 3.05) is 6.61 Å². The molecule has 0 unspecified atom stereocenters. The van der Waals surface area contributed by atoms with Crippen LogP contribution >= 0.6 is 0 Å². The number of hydrogen-bond acceptors (Lipinski definition) is 4. The van der Waals surface area contributed by atoms with Gasteiger partial charge >= 0.3 is 0 Å². The smallest absolute Gasteiger partial charge is 0.254 e. The van der Waals surface area contributed by atoms with Gasteiger partial charge in [0, 0.05) is 12.0 Å². The predicted octanol–water partition coefficient (Wildman–Crippen LogP) is 3.96. The predicted molar refractivity (Wildman–Crippen MR) is 95.5 cm³/mol. The standard InChI is InChI=1S/C20H18F2N2O3/c1-11-3-5-13(6-4-11)20-24-15(12(2)27-20)9-10-26-16-8-7-14(21)17(18(16)22)19(23)25/h3-8H,9-10H2,1-2H3,(H2,23,25). The first kappa shape index (κ1) is 18.6. The van der Waals surface area contributed by atoms with E-state index in [1.807, 2.05) is 31.2 Å². The van der Waals surface area contributed by atoms with Gasteiger partial charge in [-0.15, -0.1) is 0 Å². The van der Waals surface area contributed by atoms with Crippen LogP contribution in [0.15, 0.2) is 40.8 Å². The summed E-state index contributed by atoms with van der Waals surface area (Å²) in [5.41, 5.74) is 6.84. The normalized spacial score (nSPS) is 10.8. The Kier molecular flexibility index (Phi) is 5.21. The van der Waals surface area contributed by atoms with Crippen molar-refractivity contribution < 1.29 is 22.7 Å². The fourth-order valence-corrected chi connectivity index (χ4v) is 2.61. The second-order valence-corrected chi connectivity index (χ2v) is 6.09.